The van der Waals surface area contributed by atoms with Gasteiger partial charge in [0.2, 0.25) is 0 Å². The van der Waals surface area contributed by atoms with Crippen molar-refractivity contribution in [3.63, 3.8) is 0 Å². The Morgan fingerprint density at radius 3 is 2.36 bits per heavy atom. The lowest BCUT2D eigenvalue weighted by molar-refractivity contribution is -0.131. The van der Waals surface area contributed by atoms with E-state index >= 15 is 0 Å². The number of carboxylic acid groups (broad SMARTS) is 1. The molecule has 2 nitrogen and oxygen atoms in total. The zero-order valence-electron chi connectivity index (χ0n) is 12.7. The molecule has 0 saturated carbocycles. The summed E-state index contributed by atoms with van der Waals surface area (Å²) in [4.78, 5) is 10.9. The first-order valence-corrected chi connectivity index (χ1v) is 7.24. The van der Waals surface area contributed by atoms with Gasteiger partial charge in [0.25, 0.3) is 0 Å². The monoisotopic (exact) mass is 298 g/mol. The molecule has 0 aliphatic rings. The Kier molecular flexibility index (Phi) is 5.10. The molecule has 0 saturated heterocycles. The molecule has 2 aromatic rings. The highest BCUT2D eigenvalue weighted by molar-refractivity contribution is 5.80. The van der Waals surface area contributed by atoms with E-state index in [-0.39, 0.29) is 11.7 Å². The standard InChI is InChI=1S/C19H19FO2/c1-13(2)17(12-19(21)22)10-14-6-8-15(9-7-14)16-4-3-5-18(20)11-16/h3-9,11-13H,10H2,1-2H3,(H,21,22)/b17-12-. The Labute approximate surface area is 129 Å². The summed E-state index contributed by atoms with van der Waals surface area (Å²) < 4.78 is 13.3. The first-order chi connectivity index (χ1) is 10.5. The minimum absolute atomic E-state index is 0.180. The van der Waals surface area contributed by atoms with E-state index in [1.165, 1.54) is 18.2 Å². The van der Waals surface area contributed by atoms with E-state index in [1.54, 1.807) is 6.07 Å². The molecule has 0 spiro atoms. The Hall–Kier alpha value is -2.42. The number of aliphatic carboxylic acids is 1. The second-order valence-electron chi connectivity index (χ2n) is 5.60. The summed E-state index contributed by atoms with van der Waals surface area (Å²) in [7, 11) is 0. The van der Waals surface area contributed by atoms with Crippen LogP contribution in [-0.4, -0.2) is 11.1 Å². The van der Waals surface area contributed by atoms with Gasteiger partial charge in [0, 0.05) is 6.08 Å². The number of benzene rings is 2. The van der Waals surface area contributed by atoms with Gasteiger partial charge >= 0.3 is 5.97 Å². The fourth-order valence-electron chi connectivity index (χ4n) is 2.30. The lowest BCUT2D eigenvalue weighted by Gasteiger charge is -2.11. The van der Waals surface area contributed by atoms with Crippen molar-refractivity contribution < 1.29 is 14.3 Å². The van der Waals surface area contributed by atoms with Crippen LogP contribution in [0.1, 0.15) is 19.4 Å². The third-order valence-electron chi connectivity index (χ3n) is 3.57. The van der Waals surface area contributed by atoms with Gasteiger partial charge in [0.15, 0.2) is 0 Å². The number of hydrogen-bond acceptors (Lipinski definition) is 1. The number of carbonyl (C=O) groups is 1. The molecule has 0 atom stereocenters. The lowest BCUT2D eigenvalue weighted by atomic mass is 9.94. The Morgan fingerprint density at radius 2 is 1.82 bits per heavy atom. The normalized spacial score (nSPS) is 11.7. The molecule has 114 valence electrons. The van der Waals surface area contributed by atoms with E-state index in [2.05, 4.69) is 0 Å². The van der Waals surface area contributed by atoms with Crippen LogP contribution in [0.25, 0.3) is 11.1 Å². The topological polar surface area (TPSA) is 37.3 Å². The average molecular weight is 298 g/mol. The molecule has 2 rings (SSSR count). The predicted molar refractivity (Wildman–Crippen MR) is 86.1 cm³/mol. The van der Waals surface area contributed by atoms with Gasteiger partial charge in [-0.25, -0.2) is 9.18 Å². The summed E-state index contributed by atoms with van der Waals surface area (Å²) in [5.74, 6) is -0.993. The molecule has 0 aliphatic carbocycles. The third-order valence-corrected chi connectivity index (χ3v) is 3.57. The SMILES string of the molecule is CC(C)/C(=C\C(=O)O)Cc1ccc(-c2cccc(F)c2)cc1. The van der Waals surface area contributed by atoms with Gasteiger partial charge in [-0.1, -0.05) is 55.8 Å². The molecule has 22 heavy (non-hydrogen) atoms. The quantitative estimate of drug-likeness (QED) is 0.812. The number of allylic oxidation sites excluding steroid dienone is 1. The van der Waals surface area contributed by atoms with Gasteiger partial charge in [0.05, 0.1) is 0 Å². The van der Waals surface area contributed by atoms with Crippen LogP contribution >= 0.6 is 0 Å². The van der Waals surface area contributed by atoms with Crippen LogP contribution in [0.5, 0.6) is 0 Å². The molecule has 3 heteroatoms. The van der Waals surface area contributed by atoms with E-state index in [0.717, 1.165) is 22.3 Å². The molecule has 0 bridgehead atoms. The molecule has 0 fully saturated rings. The highest BCUT2D eigenvalue weighted by atomic mass is 19.1. The van der Waals surface area contributed by atoms with Gasteiger partial charge in [0.1, 0.15) is 5.82 Å². The zero-order chi connectivity index (χ0) is 16.1. The molecular weight excluding hydrogens is 279 g/mol. The first kappa shape index (κ1) is 16.0. The van der Waals surface area contributed by atoms with Crippen LogP contribution in [0.4, 0.5) is 4.39 Å². The van der Waals surface area contributed by atoms with Crippen molar-refractivity contribution in [1.29, 1.82) is 0 Å². The Morgan fingerprint density at radius 1 is 1.14 bits per heavy atom. The Balaban J connectivity index is 2.20. The van der Waals surface area contributed by atoms with E-state index in [1.807, 2.05) is 44.2 Å². The van der Waals surface area contributed by atoms with Crippen molar-refractivity contribution in [3.8, 4) is 11.1 Å². The molecule has 0 unspecified atom stereocenters. The third kappa shape index (κ3) is 4.29. The molecule has 0 aliphatic heterocycles. The van der Waals surface area contributed by atoms with Crippen LogP contribution in [0.3, 0.4) is 0 Å². The van der Waals surface area contributed by atoms with Crippen molar-refractivity contribution in [2.24, 2.45) is 5.92 Å². The van der Waals surface area contributed by atoms with Crippen LogP contribution in [0.15, 0.2) is 60.2 Å². The summed E-state index contributed by atoms with van der Waals surface area (Å²) in [6.45, 7) is 3.96. The van der Waals surface area contributed by atoms with Crippen LogP contribution in [-0.2, 0) is 11.2 Å². The maximum absolute atomic E-state index is 13.3. The largest absolute Gasteiger partial charge is 0.478 e. The number of carboxylic acids is 1. The summed E-state index contributed by atoms with van der Waals surface area (Å²) in [5, 5.41) is 8.92. The molecule has 0 aromatic heterocycles. The Bertz CT molecular complexity index is 685. The minimum atomic E-state index is -0.917. The van der Waals surface area contributed by atoms with Crippen LogP contribution in [0, 0.1) is 11.7 Å². The van der Waals surface area contributed by atoms with Crippen molar-refractivity contribution in [2.75, 3.05) is 0 Å². The minimum Gasteiger partial charge on any atom is -0.478 e. The van der Waals surface area contributed by atoms with Gasteiger partial charge in [-0.15, -0.1) is 0 Å². The number of halogens is 1. The summed E-state index contributed by atoms with van der Waals surface area (Å²) >= 11 is 0. The molecule has 0 radical (unpaired) electrons. The fraction of sp³-hybridized carbons (Fsp3) is 0.211. The van der Waals surface area contributed by atoms with E-state index in [4.69, 9.17) is 5.11 Å². The molecule has 1 N–H and O–H groups in total. The second kappa shape index (κ2) is 7.03. The van der Waals surface area contributed by atoms with Crippen LogP contribution < -0.4 is 0 Å². The highest BCUT2D eigenvalue weighted by Crippen LogP contribution is 2.22. The maximum Gasteiger partial charge on any atom is 0.328 e. The van der Waals surface area contributed by atoms with Gasteiger partial charge in [-0.05, 0) is 41.2 Å². The molecule has 0 heterocycles. The molecule has 2 aromatic carbocycles. The van der Waals surface area contributed by atoms with Crippen LogP contribution in [0.2, 0.25) is 0 Å². The highest BCUT2D eigenvalue weighted by Gasteiger charge is 2.07. The lowest BCUT2D eigenvalue weighted by Crippen LogP contribution is -2.02. The van der Waals surface area contributed by atoms with Crippen molar-refractivity contribution in [3.05, 3.63) is 71.6 Å². The summed E-state index contributed by atoms with van der Waals surface area (Å²) in [6, 6.07) is 14.2. The first-order valence-electron chi connectivity index (χ1n) is 7.24. The van der Waals surface area contributed by atoms with Crippen molar-refractivity contribution in [2.45, 2.75) is 20.3 Å². The van der Waals surface area contributed by atoms with E-state index in [9.17, 15) is 9.18 Å². The fourth-order valence-corrected chi connectivity index (χ4v) is 2.30. The molecular formula is C19H19FO2. The zero-order valence-corrected chi connectivity index (χ0v) is 12.7. The molecule has 0 amide bonds. The maximum atomic E-state index is 13.3. The average Bonchev–Trinajstić information content (AvgIpc) is 2.47. The predicted octanol–water partition coefficient (Wildman–Crippen LogP) is 4.70. The summed E-state index contributed by atoms with van der Waals surface area (Å²) in [6.07, 6.45) is 1.89. The van der Waals surface area contributed by atoms with Gasteiger partial charge in [-0.2, -0.15) is 0 Å². The van der Waals surface area contributed by atoms with Gasteiger partial charge in [-0.3, -0.25) is 0 Å². The second-order valence-corrected chi connectivity index (χ2v) is 5.60. The number of rotatable bonds is 5. The van der Waals surface area contributed by atoms with E-state index < -0.39 is 5.97 Å². The number of hydrogen-bond donors (Lipinski definition) is 1. The summed E-state index contributed by atoms with van der Waals surface area (Å²) in [5.41, 5.74) is 3.70. The van der Waals surface area contributed by atoms with Crippen molar-refractivity contribution >= 4 is 5.97 Å². The van der Waals surface area contributed by atoms with Gasteiger partial charge < -0.3 is 5.11 Å². The smallest absolute Gasteiger partial charge is 0.328 e. The van der Waals surface area contributed by atoms with Crippen molar-refractivity contribution in [1.82, 2.24) is 0 Å². The van der Waals surface area contributed by atoms with E-state index in [0.29, 0.717) is 6.42 Å².